The molecule has 1 saturated carbocycles. The Bertz CT molecular complexity index is 586. The largest absolute Gasteiger partial charge is 0.298 e. The van der Waals surface area contributed by atoms with Crippen LogP contribution in [-0.2, 0) is 0 Å². The van der Waals surface area contributed by atoms with Gasteiger partial charge in [0.1, 0.15) is 5.82 Å². The van der Waals surface area contributed by atoms with Crippen LogP contribution in [0.5, 0.6) is 0 Å². The zero-order chi connectivity index (χ0) is 12.5. The van der Waals surface area contributed by atoms with Gasteiger partial charge in [-0.25, -0.2) is 14.6 Å². The highest BCUT2D eigenvalue weighted by atomic mass is 16.1. The minimum atomic E-state index is 0.493. The Balaban J connectivity index is 1.97. The fourth-order valence-corrected chi connectivity index (χ4v) is 2.06. The first-order chi connectivity index (χ1) is 8.78. The number of aromatic nitrogens is 4. The number of hydrogen-bond acceptors (Lipinski definition) is 4. The van der Waals surface area contributed by atoms with Crippen molar-refractivity contribution in [2.45, 2.75) is 32.1 Å². The third kappa shape index (κ3) is 1.81. The Morgan fingerprint density at radius 3 is 2.89 bits per heavy atom. The van der Waals surface area contributed by atoms with Crippen LogP contribution >= 0.6 is 0 Å². The summed E-state index contributed by atoms with van der Waals surface area (Å²) >= 11 is 0. The Morgan fingerprint density at radius 2 is 2.28 bits per heavy atom. The van der Waals surface area contributed by atoms with Crippen LogP contribution in [0, 0.1) is 6.92 Å². The molecule has 0 amide bonds. The molecule has 2 aromatic rings. The minimum Gasteiger partial charge on any atom is -0.298 e. The Kier molecular flexibility index (Phi) is 2.66. The lowest BCUT2D eigenvalue weighted by Gasteiger charge is -2.23. The highest BCUT2D eigenvalue weighted by molar-refractivity contribution is 5.75. The summed E-state index contributed by atoms with van der Waals surface area (Å²) in [5, 5.41) is 4.29. The van der Waals surface area contributed by atoms with E-state index in [0.29, 0.717) is 17.2 Å². The van der Waals surface area contributed by atoms with Crippen LogP contribution in [-0.4, -0.2) is 26.0 Å². The molecular weight excluding hydrogens is 228 g/mol. The molecule has 92 valence electrons. The number of rotatable bonds is 3. The maximum Gasteiger partial charge on any atom is 0.157 e. The fraction of sp³-hybridized carbons (Fsp3) is 0.385. The molecule has 0 saturated heterocycles. The van der Waals surface area contributed by atoms with Crippen molar-refractivity contribution in [2.24, 2.45) is 0 Å². The summed E-state index contributed by atoms with van der Waals surface area (Å²) in [6, 6.07) is 1.81. The summed E-state index contributed by atoms with van der Waals surface area (Å²) in [5.41, 5.74) is 1.31. The van der Waals surface area contributed by atoms with E-state index in [2.05, 4.69) is 15.1 Å². The fourth-order valence-electron chi connectivity index (χ4n) is 2.06. The number of carbonyl (C=O) groups excluding carboxylic acids is 1. The quantitative estimate of drug-likeness (QED) is 0.773. The molecular formula is C13H14N4O. The predicted octanol–water partition coefficient (Wildman–Crippen LogP) is 2.05. The standard InChI is InChI=1S/C13H14N4O/c1-9-11(8-18)7-17(16-9)12-5-6-14-13(15-12)10-3-2-4-10/h5-8,10H,2-4H2,1H3. The van der Waals surface area contributed by atoms with E-state index in [0.717, 1.165) is 17.9 Å². The maximum absolute atomic E-state index is 10.8. The van der Waals surface area contributed by atoms with Crippen molar-refractivity contribution in [3.8, 4) is 5.82 Å². The average molecular weight is 242 g/mol. The van der Waals surface area contributed by atoms with E-state index in [1.54, 1.807) is 17.1 Å². The topological polar surface area (TPSA) is 60.7 Å². The van der Waals surface area contributed by atoms with Gasteiger partial charge in [-0.15, -0.1) is 0 Å². The van der Waals surface area contributed by atoms with Gasteiger partial charge in [0, 0.05) is 24.4 Å². The first kappa shape index (κ1) is 11.1. The van der Waals surface area contributed by atoms with Crippen molar-refractivity contribution < 1.29 is 4.79 Å². The molecule has 0 N–H and O–H groups in total. The van der Waals surface area contributed by atoms with Gasteiger partial charge >= 0.3 is 0 Å². The second-order valence-electron chi connectivity index (χ2n) is 4.63. The molecule has 5 nitrogen and oxygen atoms in total. The van der Waals surface area contributed by atoms with Gasteiger partial charge < -0.3 is 0 Å². The zero-order valence-corrected chi connectivity index (χ0v) is 10.2. The van der Waals surface area contributed by atoms with Gasteiger partial charge in [-0.2, -0.15) is 5.10 Å². The molecule has 0 unspecified atom stereocenters. The summed E-state index contributed by atoms with van der Waals surface area (Å²) in [4.78, 5) is 19.7. The van der Waals surface area contributed by atoms with Crippen LogP contribution in [0.1, 0.15) is 47.1 Å². The van der Waals surface area contributed by atoms with Crippen molar-refractivity contribution in [3.63, 3.8) is 0 Å². The lowest BCUT2D eigenvalue weighted by molar-refractivity contribution is 0.112. The van der Waals surface area contributed by atoms with E-state index in [4.69, 9.17) is 0 Å². The number of nitrogens with zero attached hydrogens (tertiary/aromatic N) is 4. The Hall–Kier alpha value is -2.04. The maximum atomic E-state index is 10.8. The first-order valence-electron chi connectivity index (χ1n) is 6.12. The highest BCUT2D eigenvalue weighted by Crippen LogP contribution is 2.34. The summed E-state index contributed by atoms with van der Waals surface area (Å²) in [6.07, 6.45) is 7.87. The molecule has 2 heterocycles. The second-order valence-corrected chi connectivity index (χ2v) is 4.63. The normalized spacial score (nSPS) is 15.4. The minimum absolute atomic E-state index is 0.493. The molecule has 2 aromatic heterocycles. The highest BCUT2D eigenvalue weighted by Gasteiger charge is 2.22. The van der Waals surface area contributed by atoms with Crippen LogP contribution in [0.3, 0.4) is 0 Å². The molecule has 18 heavy (non-hydrogen) atoms. The monoisotopic (exact) mass is 242 g/mol. The Morgan fingerprint density at radius 1 is 1.44 bits per heavy atom. The average Bonchev–Trinajstić information content (AvgIpc) is 2.69. The number of aryl methyl sites for hydroxylation is 1. The molecule has 0 aromatic carbocycles. The molecule has 1 aliphatic carbocycles. The van der Waals surface area contributed by atoms with Gasteiger partial charge in [0.15, 0.2) is 12.1 Å². The molecule has 3 rings (SSSR count). The summed E-state index contributed by atoms with van der Waals surface area (Å²) < 4.78 is 1.64. The van der Waals surface area contributed by atoms with Crippen LogP contribution in [0.2, 0.25) is 0 Å². The van der Waals surface area contributed by atoms with Crippen molar-refractivity contribution >= 4 is 6.29 Å². The molecule has 0 atom stereocenters. The van der Waals surface area contributed by atoms with Gasteiger partial charge in [-0.3, -0.25) is 4.79 Å². The summed E-state index contributed by atoms with van der Waals surface area (Å²) in [5.74, 6) is 2.11. The van der Waals surface area contributed by atoms with E-state index in [9.17, 15) is 4.79 Å². The van der Waals surface area contributed by atoms with Gasteiger partial charge in [0.05, 0.1) is 11.3 Å². The first-order valence-corrected chi connectivity index (χ1v) is 6.12. The van der Waals surface area contributed by atoms with E-state index in [1.807, 2.05) is 13.0 Å². The van der Waals surface area contributed by atoms with Gasteiger partial charge in [-0.05, 0) is 19.8 Å². The third-order valence-electron chi connectivity index (χ3n) is 3.43. The Labute approximate surface area is 105 Å². The number of carbonyl (C=O) groups is 1. The number of aldehydes is 1. The summed E-state index contributed by atoms with van der Waals surface area (Å²) in [6.45, 7) is 1.81. The van der Waals surface area contributed by atoms with Gasteiger partial charge in [0.2, 0.25) is 0 Å². The van der Waals surface area contributed by atoms with Crippen molar-refractivity contribution in [1.29, 1.82) is 0 Å². The summed E-state index contributed by atoms with van der Waals surface area (Å²) in [7, 11) is 0. The molecule has 1 aliphatic rings. The van der Waals surface area contributed by atoms with E-state index < -0.39 is 0 Å². The SMILES string of the molecule is Cc1nn(-c2ccnc(C3CCC3)n2)cc1C=O. The number of hydrogen-bond donors (Lipinski definition) is 0. The zero-order valence-electron chi connectivity index (χ0n) is 10.2. The van der Waals surface area contributed by atoms with Crippen molar-refractivity contribution in [2.75, 3.05) is 0 Å². The van der Waals surface area contributed by atoms with Crippen LogP contribution in [0.25, 0.3) is 5.82 Å². The molecule has 0 aliphatic heterocycles. The third-order valence-corrected chi connectivity index (χ3v) is 3.43. The van der Waals surface area contributed by atoms with Gasteiger partial charge in [-0.1, -0.05) is 6.42 Å². The molecule has 0 spiro atoms. The molecule has 5 heteroatoms. The molecule has 1 fully saturated rings. The molecule has 0 bridgehead atoms. The van der Waals surface area contributed by atoms with Crippen LogP contribution < -0.4 is 0 Å². The van der Waals surface area contributed by atoms with Crippen LogP contribution in [0.15, 0.2) is 18.5 Å². The second kappa shape index (κ2) is 4.33. The smallest absolute Gasteiger partial charge is 0.157 e. The van der Waals surface area contributed by atoms with E-state index in [1.165, 1.54) is 19.3 Å². The van der Waals surface area contributed by atoms with Crippen LogP contribution in [0.4, 0.5) is 0 Å². The van der Waals surface area contributed by atoms with Gasteiger partial charge in [0.25, 0.3) is 0 Å². The lowest BCUT2D eigenvalue weighted by Crippen LogP contribution is -2.14. The molecule has 0 radical (unpaired) electrons. The lowest BCUT2D eigenvalue weighted by atomic mass is 9.85. The van der Waals surface area contributed by atoms with Crippen molar-refractivity contribution in [3.05, 3.63) is 35.5 Å². The van der Waals surface area contributed by atoms with E-state index in [-0.39, 0.29) is 0 Å². The van der Waals surface area contributed by atoms with Crippen molar-refractivity contribution in [1.82, 2.24) is 19.7 Å². The predicted molar refractivity (Wildman–Crippen MR) is 65.9 cm³/mol. The van der Waals surface area contributed by atoms with E-state index >= 15 is 0 Å².